The third-order valence-corrected chi connectivity index (χ3v) is 4.38. The molecule has 100 valence electrons. The number of aliphatic carboxylic acids is 1. The number of hydrogen-bond acceptors (Lipinski definition) is 5. The largest absolute Gasteiger partial charge is 0.481 e. The van der Waals surface area contributed by atoms with Gasteiger partial charge in [0, 0.05) is 23.2 Å². The summed E-state index contributed by atoms with van der Waals surface area (Å²) in [7, 11) is 0. The van der Waals surface area contributed by atoms with Gasteiger partial charge in [-0.15, -0.1) is 23.1 Å². The predicted molar refractivity (Wildman–Crippen MR) is 79.2 cm³/mol. The van der Waals surface area contributed by atoms with Crippen molar-refractivity contribution >= 4 is 29.1 Å². The summed E-state index contributed by atoms with van der Waals surface area (Å²) in [5, 5.41) is 11.5. The Bertz CT molecular complexity index is 552. The van der Waals surface area contributed by atoms with Crippen molar-refractivity contribution in [1.82, 2.24) is 4.98 Å². The third kappa shape index (κ3) is 4.05. The summed E-state index contributed by atoms with van der Waals surface area (Å²) in [6.07, 6.45) is 0. The molecule has 0 aliphatic heterocycles. The van der Waals surface area contributed by atoms with Crippen LogP contribution in [0.4, 0.5) is 0 Å². The summed E-state index contributed by atoms with van der Waals surface area (Å²) >= 11 is 2.98. The quantitative estimate of drug-likeness (QED) is 0.856. The van der Waals surface area contributed by atoms with E-state index in [0.717, 1.165) is 21.8 Å². The molecule has 6 heteroatoms. The SMILES string of the molecule is NCc1csc(-c2ccc(CSCC(=O)O)cc2)n1. The molecule has 1 heterocycles. The first-order valence-corrected chi connectivity index (χ1v) is 7.76. The second kappa shape index (κ2) is 6.70. The lowest BCUT2D eigenvalue weighted by atomic mass is 10.2. The van der Waals surface area contributed by atoms with Crippen molar-refractivity contribution in [2.45, 2.75) is 12.3 Å². The Labute approximate surface area is 119 Å². The van der Waals surface area contributed by atoms with Crippen molar-refractivity contribution in [3.8, 4) is 10.6 Å². The number of aromatic nitrogens is 1. The van der Waals surface area contributed by atoms with Crippen molar-refractivity contribution in [3.63, 3.8) is 0 Å². The topological polar surface area (TPSA) is 76.2 Å². The van der Waals surface area contributed by atoms with Gasteiger partial charge in [-0.2, -0.15) is 0 Å². The number of carbonyl (C=O) groups is 1. The molecule has 0 atom stereocenters. The van der Waals surface area contributed by atoms with Gasteiger partial charge in [-0.1, -0.05) is 24.3 Å². The molecule has 0 saturated carbocycles. The van der Waals surface area contributed by atoms with Gasteiger partial charge in [-0.3, -0.25) is 4.79 Å². The fourth-order valence-corrected chi connectivity index (χ4v) is 3.08. The summed E-state index contributed by atoms with van der Waals surface area (Å²) in [5.41, 5.74) is 8.62. The molecule has 2 aromatic rings. The van der Waals surface area contributed by atoms with E-state index in [4.69, 9.17) is 10.8 Å². The molecule has 3 N–H and O–H groups in total. The van der Waals surface area contributed by atoms with Crippen LogP contribution in [0.1, 0.15) is 11.3 Å². The van der Waals surface area contributed by atoms with Gasteiger partial charge in [0.05, 0.1) is 11.4 Å². The van der Waals surface area contributed by atoms with E-state index >= 15 is 0 Å². The Morgan fingerprint density at radius 1 is 1.37 bits per heavy atom. The molecule has 0 fully saturated rings. The molecule has 0 radical (unpaired) electrons. The standard InChI is InChI=1S/C13H14N2O2S2/c14-5-11-7-19-13(15-11)10-3-1-9(2-4-10)6-18-8-12(16)17/h1-4,7H,5-6,8,14H2,(H,16,17). The highest BCUT2D eigenvalue weighted by Gasteiger charge is 2.04. The van der Waals surface area contributed by atoms with E-state index < -0.39 is 5.97 Å². The van der Waals surface area contributed by atoms with Crippen LogP contribution in [0, 0.1) is 0 Å². The van der Waals surface area contributed by atoms with Gasteiger partial charge in [0.1, 0.15) is 5.01 Å². The number of nitrogens with zero attached hydrogens (tertiary/aromatic N) is 1. The van der Waals surface area contributed by atoms with Gasteiger partial charge in [0.15, 0.2) is 0 Å². The zero-order valence-corrected chi connectivity index (χ0v) is 11.8. The van der Waals surface area contributed by atoms with Crippen LogP contribution in [0.2, 0.25) is 0 Å². The van der Waals surface area contributed by atoms with E-state index in [1.54, 1.807) is 11.3 Å². The van der Waals surface area contributed by atoms with Crippen molar-refractivity contribution in [3.05, 3.63) is 40.9 Å². The number of rotatable bonds is 6. The van der Waals surface area contributed by atoms with Crippen LogP contribution in [0.3, 0.4) is 0 Å². The van der Waals surface area contributed by atoms with Crippen molar-refractivity contribution in [1.29, 1.82) is 0 Å². The number of thiazole rings is 1. The van der Waals surface area contributed by atoms with Gasteiger partial charge in [-0.05, 0) is 5.56 Å². The summed E-state index contributed by atoms with van der Waals surface area (Å²) in [6, 6.07) is 8.03. The molecule has 0 amide bonds. The molecule has 1 aromatic heterocycles. The van der Waals surface area contributed by atoms with E-state index in [1.807, 2.05) is 29.6 Å². The van der Waals surface area contributed by atoms with Crippen molar-refractivity contribution in [2.24, 2.45) is 5.73 Å². The highest BCUT2D eigenvalue weighted by molar-refractivity contribution is 7.99. The first kappa shape index (κ1) is 14.0. The zero-order chi connectivity index (χ0) is 13.7. The van der Waals surface area contributed by atoms with Crippen LogP contribution in [-0.4, -0.2) is 21.8 Å². The Kier molecular flexibility index (Phi) is 4.95. The highest BCUT2D eigenvalue weighted by atomic mass is 32.2. The maximum Gasteiger partial charge on any atom is 0.313 e. The number of thioether (sulfide) groups is 1. The molecular formula is C13H14N2O2S2. The van der Waals surface area contributed by atoms with Crippen LogP contribution in [0.25, 0.3) is 10.6 Å². The minimum Gasteiger partial charge on any atom is -0.481 e. The maximum atomic E-state index is 10.4. The number of hydrogen-bond donors (Lipinski definition) is 2. The third-order valence-electron chi connectivity index (χ3n) is 2.46. The van der Waals surface area contributed by atoms with Gasteiger partial charge in [0.2, 0.25) is 0 Å². The lowest BCUT2D eigenvalue weighted by Gasteiger charge is -2.01. The minimum absolute atomic E-state index is 0.133. The van der Waals surface area contributed by atoms with E-state index in [0.29, 0.717) is 12.3 Å². The first-order chi connectivity index (χ1) is 9.19. The normalized spacial score (nSPS) is 10.6. The van der Waals surface area contributed by atoms with Crippen LogP contribution in [0.15, 0.2) is 29.6 Å². The maximum absolute atomic E-state index is 10.4. The fraction of sp³-hybridized carbons (Fsp3) is 0.231. The minimum atomic E-state index is -0.779. The molecule has 19 heavy (non-hydrogen) atoms. The molecule has 0 saturated heterocycles. The van der Waals surface area contributed by atoms with E-state index in [1.165, 1.54) is 11.8 Å². The summed E-state index contributed by atoms with van der Waals surface area (Å²) in [5.74, 6) is 0.0609. The van der Waals surface area contributed by atoms with Crippen molar-refractivity contribution in [2.75, 3.05) is 5.75 Å². The lowest BCUT2D eigenvalue weighted by Crippen LogP contribution is -1.98. The molecule has 0 bridgehead atoms. The van der Waals surface area contributed by atoms with Crippen LogP contribution >= 0.6 is 23.1 Å². The van der Waals surface area contributed by atoms with Gasteiger partial charge in [0.25, 0.3) is 0 Å². The van der Waals surface area contributed by atoms with Gasteiger partial charge < -0.3 is 10.8 Å². The molecule has 0 aliphatic carbocycles. The van der Waals surface area contributed by atoms with Crippen LogP contribution < -0.4 is 5.73 Å². The smallest absolute Gasteiger partial charge is 0.313 e. The zero-order valence-electron chi connectivity index (χ0n) is 10.2. The predicted octanol–water partition coefficient (Wildman–Crippen LogP) is 2.59. The Morgan fingerprint density at radius 2 is 2.11 bits per heavy atom. The highest BCUT2D eigenvalue weighted by Crippen LogP contribution is 2.24. The number of carboxylic acid groups (broad SMARTS) is 1. The molecule has 0 spiro atoms. The van der Waals surface area contributed by atoms with Gasteiger partial charge >= 0.3 is 5.97 Å². The Morgan fingerprint density at radius 3 is 2.68 bits per heavy atom. The van der Waals surface area contributed by atoms with Crippen molar-refractivity contribution < 1.29 is 9.90 Å². The molecular weight excluding hydrogens is 280 g/mol. The van der Waals surface area contributed by atoms with Gasteiger partial charge in [-0.25, -0.2) is 4.98 Å². The second-order valence-corrected chi connectivity index (χ2v) is 5.78. The van der Waals surface area contributed by atoms with E-state index in [-0.39, 0.29) is 5.75 Å². The average Bonchev–Trinajstić information content (AvgIpc) is 2.88. The second-order valence-electron chi connectivity index (χ2n) is 3.93. The van der Waals surface area contributed by atoms with Crippen LogP contribution in [-0.2, 0) is 17.1 Å². The lowest BCUT2D eigenvalue weighted by molar-refractivity contribution is -0.133. The molecule has 0 aliphatic rings. The first-order valence-electron chi connectivity index (χ1n) is 5.72. The molecule has 4 nitrogen and oxygen atoms in total. The Hall–Kier alpha value is -1.37. The number of carboxylic acids is 1. The number of benzene rings is 1. The van der Waals surface area contributed by atoms with Crippen LogP contribution in [0.5, 0.6) is 0 Å². The summed E-state index contributed by atoms with van der Waals surface area (Å²) < 4.78 is 0. The number of nitrogens with two attached hydrogens (primary N) is 1. The molecule has 2 rings (SSSR count). The summed E-state index contributed by atoms with van der Waals surface area (Å²) in [4.78, 5) is 14.8. The average molecular weight is 294 g/mol. The Balaban J connectivity index is 1.99. The summed E-state index contributed by atoms with van der Waals surface area (Å²) in [6.45, 7) is 0.459. The molecule has 0 unspecified atom stereocenters. The fourth-order valence-electron chi connectivity index (χ4n) is 1.53. The monoisotopic (exact) mass is 294 g/mol. The van der Waals surface area contributed by atoms with E-state index in [2.05, 4.69) is 4.98 Å². The molecule has 1 aromatic carbocycles. The van der Waals surface area contributed by atoms with E-state index in [9.17, 15) is 4.79 Å².